The molecular formula is C13H20N2O4. The molecule has 106 valence electrons. The molecule has 2 rings (SSSR count). The Morgan fingerprint density at radius 3 is 2.53 bits per heavy atom. The van der Waals surface area contributed by atoms with E-state index in [0.29, 0.717) is 18.8 Å². The number of carbonyl (C=O) groups is 1. The number of hydrogen-bond acceptors (Lipinski definition) is 5. The largest absolute Gasteiger partial charge is 0.459 e. The molecular weight excluding hydrogens is 248 g/mol. The second-order valence-electron chi connectivity index (χ2n) is 4.47. The first-order chi connectivity index (χ1) is 9.24. The van der Waals surface area contributed by atoms with Gasteiger partial charge in [-0.25, -0.2) is 0 Å². The zero-order chi connectivity index (χ0) is 13.7. The van der Waals surface area contributed by atoms with Crippen LogP contribution < -0.4 is 0 Å². The zero-order valence-corrected chi connectivity index (χ0v) is 11.4. The lowest BCUT2D eigenvalue weighted by atomic mass is 10.3. The molecule has 1 aliphatic rings. The summed E-state index contributed by atoms with van der Waals surface area (Å²) in [6.45, 7) is 3.74. The molecule has 0 aromatic carbocycles. The minimum absolute atomic E-state index is 0.0420. The summed E-state index contributed by atoms with van der Waals surface area (Å²) in [5, 5.41) is 0. The van der Waals surface area contributed by atoms with E-state index in [1.54, 1.807) is 26.4 Å². The Bertz CT molecular complexity index is 381. The molecule has 0 spiro atoms. The predicted octanol–water partition coefficient (Wildman–Crippen LogP) is 0.656. The number of piperazine rings is 1. The summed E-state index contributed by atoms with van der Waals surface area (Å²) in [6, 6.07) is 3.42. The molecule has 19 heavy (non-hydrogen) atoms. The van der Waals surface area contributed by atoms with Crippen molar-refractivity contribution >= 4 is 5.91 Å². The number of amides is 1. The number of nitrogens with zero attached hydrogens (tertiary/aromatic N) is 2. The first-order valence-electron chi connectivity index (χ1n) is 6.35. The van der Waals surface area contributed by atoms with E-state index in [2.05, 4.69) is 4.90 Å². The fraction of sp³-hybridized carbons (Fsp3) is 0.615. The van der Waals surface area contributed by atoms with Gasteiger partial charge in [-0.1, -0.05) is 0 Å². The second-order valence-corrected chi connectivity index (χ2v) is 4.47. The maximum atomic E-state index is 12.1. The smallest absolute Gasteiger partial charge is 0.289 e. The fourth-order valence-electron chi connectivity index (χ4n) is 2.15. The van der Waals surface area contributed by atoms with Crippen molar-refractivity contribution in [3.05, 3.63) is 24.2 Å². The van der Waals surface area contributed by atoms with Gasteiger partial charge in [0, 0.05) is 46.9 Å². The minimum Gasteiger partial charge on any atom is -0.459 e. The molecule has 2 heterocycles. The van der Waals surface area contributed by atoms with Crippen molar-refractivity contribution in [2.45, 2.75) is 6.29 Å². The molecule has 0 bridgehead atoms. The Morgan fingerprint density at radius 1 is 1.32 bits per heavy atom. The maximum Gasteiger partial charge on any atom is 0.289 e. The van der Waals surface area contributed by atoms with Gasteiger partial charge in [-0.3, -0.25) is 9.69 Å². The SMILES string of the molecule is COC(CN1CCN(C(=O)c2ccco2)CC1)OC. The van der Waals surface area contributed by atoms with Crippen LogP contribution in [0.3, 0.4) is 0 Å². The highest BCUT2D eigenvalue weighted by Gasteiger charge is 2.24. The van der Waals surface area contributed by atoms with Gasteiger partial charge >= 0.3 is 0 Å². The van der Waals surface area contributed by atoms with Crippen molar-refractivity contribution < 1.29 is 18.7 Å². The number of furan rings is 1. The number of rotatable bonds is 5. The molecule has 0 saturated carbocycles. The van der Waals surface area contributed by atoms with Crippen LogP contribution >= 0.6 is 0 Å². The Morgan fingerprint density at radius 2 is 2.00 bits per heavy atom. The van der Waals surface area contributed by atoms with Gasteiger partial charge in [0.25, 0.3) is 5.91 Å². The summed E-state index contributed by atoms with van der Waals surface area (Å²) in [5.74, 6) is 0.361. The summed E-state index contributed by atoms with van der Waals surface area (Å²) in [5.41, 5.74) is 0. The molecule has 0 radical (unpaired) electrons. The van der Waals surface area contributed by atoms with Gasteiger partial charge in [-0.05, 0) is 12.1 Å². The van der Waals surface area contributed by atoms with Gasteiger partial charge in [0.05, 0.1) is 6.26 Å². The molecule has 6 nitrogen and oxygen atoms in total. The van der Waals surface area contributed by atoms with E-state index >= 15 is 0 Å². The van der Waals surface area contributed by atoms with Gasteiger partial charge in [-0.2, -0.15) is 0 Å². The Balaban J connectivity index is 1.81. The third kappa shape index (κ3) is 3.56. The molecule has 0 unspecified atom stereocenters. The van der Waals surface area contributed by atoms with E-state index in [1.807, 2.05) is 4.90 Å². The van der Waals surface area contributed by atoms with Gasteiger partial charge in [0.2, 0.25) is 0 Å². The highest BCUT2D eigenvalue weighted by molar-refractivity contribution is 5.91. The fourth-order valence-corrected chi connectivity index (χ4v) is 2.15. The van der Waals surface area contributed by atoms with Gasteiger partial charge < -0.3 is 18.8 Å². The topological polar surface area (TPSA) is 55.2 Å². The van der Waals surface area contributed by atoms with Crippen molar-refractivity contribution in [3.8, 4) is 0 Å². The molecule has 0 aliphatic carbocycles. The van der Waals surface area contributed by atoms with Gasteiger partial charge in [0.1, 0.15) is 0 Å². The molecule has 0 N–H and O–H groups in total. The number of carbonyl (C=O) groups excluding carboxylic acids is 1. The lowest BCUT2D eigenvalue weighted by molar-refractivity contribution is -0.118. The molecule has 1 fully saturated rings. The normalized spacial score (nSPS) is 17.1. The number of ether oxygens (including phenoxy) is 2. The molecule has 1 saturated heterocycles. The Hall–Kier alpha value is -1.37. The lowest BCUT2D eigenvalue weighted by Gasteiger charge is -2.35. The standard InChI is InChI=1S/C13H20N2O4/c1-17-12(18-2)10-14-5-7-15(8-6-14)13(16)11-4-3-9-19-11/h3-4,9,12H,5-8,10H2,1-2H3. The molecule has 1 aromatic rings. The van der Waals surface area contributed by atoms with Crippen molar-refractivity contribution in [1.29, 1.82) is 0 Å². The molecule has 0 atom stereocenters. The summed E-state index contributed by atoms with van der Waals surface area (Å²) < 4.78 is 15.5. The van der Waals surface area contributed by atoms with Crippen LogP contribution in [0.25, 0.3) is 0 Å². The van der Waals surface area contributed by atoms with Crippen molar-refractivity contribution in [3.63, 3.8) is 0 Å². The monoisotopic (exact) mass is 268 g/mol. The Kier molecular flexibility index (Phi) is 4.95. The van der Waals surface area contributed by atoms with E-state index in [0.717, 1.165) is 19.6 Å². The molecule has 1 amide bonds. The van der Waals surface area contributed by atoms with Gasteiger partial charge in [-0.15, -0.1) is 0 Å². The van der Waals surface area contributed by atoms with Crippen LogP contribution in [0.5, 0.6) is 0 Å². The number of hydrogen-bond donors (Lipinski definition) is 0. The first kappa shape index (κ1) is 14.0. The van der Waals surface area contributed by atoms with E-state index in [9.17, 15) is 4.79 Å². The van der Waals surface area contributed by atoms with Crippen LogP contribution in [0.15, 0.2) is 22.8 Å². The predicted molar refractivity (Wildman–Crippen MR) is 68.9 cm³/mol. The van der Waals surface area contributed by atoms with Crippen LogP contribution in [0.1, 0.15) is 10.6 Å². The third-order valence-electron chi connectivity index (χ3n) is 3.32. The lowest BCUT2D eigenvalue weighted by Crippen LogP contribution is -2.50. The zero-order valence-electron chi connectivity index (χ0n) is 11.4. The van der Waals surface area contributed by atoms with Crippen LogP contribution in [0, 0.1) is 0 Å². The van der Waals surface area contributed by atoms with Crippen LogP contribution in [-0.4, -0.2) is 68.9 Å². The van der Waals surface area contributed by atoms with E-state index in [4.69, 9.17) is 13.9 Å². The van der Waals surface area contributed by atoms with Crippen LogP contribution in [0.4, 0.5) is 0 Å². The third-order valence-corrected chi connectivity index (χ3v) is 3.32. The van der Waals surface area contributed by atoms with E-state index in [-0.39, 0.29) is 12.2 Å². The minimum atomic E-state index is -0.215. The highest BCUT2D eigenvalue weighted by atomic mass is 16.7. The van der Waals surface area contributed by atoms with Crippen molar-refractivity contribution in [1.82, 2.24) is 9.80 Å². The quantitative estimate of drug-likeness (QED) is 0.734. The van der Waals surface area contributed by atoms with E-state index in [1.165, 1.54) is 6.26 Å². The second kappa shape index (κ2) is 6.70. The summed E-state index contributed by atoms with van der Waals surface area (Å²) in [6.07, 6.45) is 1.30. The maximum absolute atomic E-state index is 12.1. The summed E-state index contributed by atoms with van der Waals surface area (Å²) in [7, 11) is 3.26. The average molecular weight is 268 g/mol. The van der Waals surface area contributed by atoms with Gasteiger partial charge in [0.15, 0.2) is 12.1 Å². The first-order valence-corrected chi connectivity index (χ1v) is 6.35. The number of methoxy groups -OCH3 is 2. The summed E-state index contributed by atoms with van der Waals surface area (Å²) >= 11 is 0. The Labute approximate surface area is 112 Å². The van der Waals surface area contributed by atoms with Crippen LogP contribution in [-0.2, 0) is 9.47 Å². The molecule has 1 aliphatic heterocycles. The summed E-state index contributed by atoms with van der Waals surface area (Å²) in [4.78, 5) is 16.1. The molecule has 1 aromatic heterocycles. The van der Waals surface area contributed by atoms with Crippen molar-refractivity contribution in [2.24, 2.45) is 0 Å². The van der Waals surface area contributed by atoms with Crippen molar-refractivity contribution in [2.75, 3.05) is 46.9 Å². The average Bonchev–Trinajstić information content (AvgIpc) is 2.99. The van der Waals surface area contributed by atoms with Crippen LogP contribution in [0.2, 0.25) is 0 Å². The van der Waals surface area contributed by atoms with E-state index < -0.39 is 0 Å². The highest BCUT2D eigenvalue weighted by Crippen LogP contribution is 2.10. The molecule has 6 heteroatoms.